The van der Waals surface area contributed by atoms with Gasteiger partial charge in [-0.05, 0) is 62.0 Å². The second kappa shape index (κ2) is 6.59. The predicted molar refractivity (Wildman–Crippen MR) is 84.1 cm³/mol. The first-order chi connectivity index (χ1) is 9.52. The van der Waals surface area contributed by atoms with E-state index >= 15 is 0 Å². The molecule has 1 aromatic rings. The minimum absolute atomic E-state index is 0.295. The maximum atomic E-state index is 6.16. The molecule has 0 heterocycles. The molecule has 0 spiro atoms. The number of rotatable bonds is 6. The summed E-state index contributed by atoms with van der Waals surface area (Å²) in [6, 6.07) is 7.28. The van der Waals surface area contributed by atoms with Crippen LogP contribution in [0.4, 0.5) is 0 Å². The third kappa shape index (κ3) is 3.33. The maximum Gasteiger partial charge on any atom is 0.119 e. The van der Waals surface area contributed by atoms with Crippen LogP contribution >= 0.6 is 0 Å². The summed E-state index contributed by atoms with van der Waals surface area (Å²) in [7, 11) is 3.95. The fraction of sp³-hybridized carbons (Fsp3) is 0.647. The number of aryl methyl sites for hydroxylation is 1. The van der Waals surface area contributed by atoms with Crippen molar-refractivity contribution < 1.29 is 4.74 Å². The molecule has 0 radical (unpaired) electrons. The number of fused-ring (bicyclic) bond motifs is 1. The van der Waals surface area contributed by atoms with Crippen LogP contribution in [0.1, 0.15) is 43.9 Å². The highest BCUT2D eigenvalue weighted by Crippen LogP contribution is 2.37. The lowest BCUT2D eigenvalue weighted by atomic mass is 10.0. The van der Waals surface area contributed by atoms with E-state index < -0.39 is 0 Å². The van der Waals surface area contributed by atoms with Crippen LogP contribution in [0.3, 0.4) is 0 Å². The van der Waals surface area contributed by atoms with Crippen molar-refractivity contribution in [3.63, 3.8) is 0 Å². The Morgan fingerprint density at radius 1 is 1.40 bits per heavy atom. The van der Waals surface area contributed by atoms with Crippen molar-refractivity contribution in [3.05, 3.63) is 29.3 Å². The zero-order valence-electron chi connectivity index (χ0n) is 13.2. The number of methoxy groups -OCH3 is 1. The van der Waals surface area contributed by atoms with Crippen molar-refractivity contribution in [3.8, 4) is 5.75 Å². The van der Waals surface area contributed by atoms with Gasteiger partial charge >= 0.3 is 0 Å². The fourth-order valence-electron chi connectivity index (χ4n) is 2.99. The van der Waals surface area contributed by atoms with Crippen molar-refractivity contribution in [1.29, 1.82) is 0 Å². The summed E-state index contributed by atoms with van der Waals surface area (Å²) in [6.45, 7) is 5.45. The third-order valence-electron chi connectivity index (χ3n) is 4.60. The molecule has 0 aromatic heterocycles. The lowest BCUT2D eigenvalue weighted by molar-refractivity contribution is 0.228. The number of nitrogens with zero attached hydrogens (tertiary/aromatic N) is 1. The van der Waals surface area contributed by atoms with Crippen molar-refractivity contribution in [1.82, 2.24) is 4.90 Å². The Morgan fingerprint density at radius 3 is 2.80 bits per heavy atom. The van der Waals surface area contributed by atoms with E-state index in [0.717, 1.165) is 18.7 Å². The molecule has 112 valence electrons. The van der Waals surface area contributed by atoms with E-state index in [0.29, 0.717) is 18.0 Å². The highest BCUT2D eigenvalue weighted by molar-refractivity contribution is 5.40. The summed E-state index contributed by atoms with van der Waals surface area (Å²) in [6.07, 6.45) is 3.43. The summed E-state index contributed by atoms with van der Waals surface area (Å²) in [5.74, 6) is 1.52. The predicted octanol–water partition coefficient (Wildman–Crippen LogP) is 2.99. The van der Waals surface area contributed by atoms with E-state index in [2.05, 4.69) is 44.0 Å². The van der Waals surface area contributed by atoms with Crippen LogP contribution in [0.25, 0.3) is 0 Å². The Balaban J connectivity index is 2.01. The Labute approximate surface area is 123 Å². The Morgan fingerprint density at radius 2 is 2.15 bits per heavy atom. The largest absolute Gasteiger partial charge is 0.497 e. The lowest BCUT2D eigenvalue weighted by Crippen LogP contribution is -2.33. The monoisotopic (exact) mass is 276 g/mol. The molecular weight excluding hydrogens is 248 g/mol. The first-order valence-corrected chi connectivity index (χ1v) is 7.65. The van der Waals surface area contributed by atoms with Crippen molar-refractivity contribution in [2.75, 3.05) is 20.7 Å². The maximum absolute atomic E-state index is 6.16. The van der Waals surface area contributed by atoms with Crippen LogP contribution in [0, 0.1) is 5.92 Å². The second-order valence-electron chi connectivity index (χ2n) is 6.30. The number of ether oxygens (including phenoxy) is 1. The van der Waals surface area contributed by atoms with Gasteiger partial charge in [0, 0.05) is 12.1 Å². The number of benzene rings is 1. The number of nitrogens with two attached hydrogens (primary N) is 1. The van der Waals surface area contributed by atoms with Gasteiger partial charge in [-0.15, -0.1) is 0 Å². The van der Waals surface area contributed by atoms with Gasteiger partial charge in [-0.3, -0.25) is 4.90 Å². The molecule has 3 nitrogen and oxygen atoms in total. The summed E-state index contributed by atoms with van der Waals surface area (Å²) in [5, 5.41) is 0. The summed E-state index contributed by atoms with van der Waals surface area (Å²) < 4.78 is 5.36. The van der Waals surface area contributed by atoms with Crippen molar-refractivity contribution in [2.45, 2.75) is 45.2 Å². The van der Waals surface area contributed by atoms with Gasteiger partial charge in [-0.2, -0.15) is 0 Å². The zero-order chi connectivity index (χ0) is 14.7. The molecule has 3 heteroatoms. The lowest BCUT2D eigenvalue weighted by Gasteiger charge is -2.27. The minimum Gasteiger partial charge on any atom is -0.497 e. The molecule has 20 heavy (non-hydrogen) atoms. The molecule has 0 bridgehead atoms. The van der Waals surface area contributed by atoms with E-state index in [-0.39, 0.29) is 0 Å². The van der Waals surface area contributed by atoms with Gasteiger partial charge in [0.05, 0.1) is 7.11 Å². The van der Waals surface area contributed by atoms with E-state index in [1.54, 1.807) is 7.11 Å². The van der Waals surface area contributed by atoms with Gasteiger partial charge in [0.25, 0.3) is 0 Å². The van der Waals surface area contributed by atoms with Gasteiger partial charge < -0.3 is 10.5 Å². The third-order valence-corrected chi connectivity index (χ3v) is 4.60. The van der Waals surface area contributed by atoms with Crippen LogP contribution in [-0.2, 0) is 6.42 Å². The molecular formula is C17H28N2O. The zero-order valence-corrected chi connectivity index (χ0v) is 13.2. The first kappa shape index (κ1) is 15.3. The van der Waals surface area contributed by atoms with E-state index in [4.69, 9.17) is 10.5 Å². The molecule has 2 rings (SSSR count). The van der Waals surface area contributed by atoms with Crippen LogP contribution in [0.5, 0.6) is 5.75 Å². The Kier molecular flexibility index (Phi) is 5.06. The second-order valence-corrected chi connectivity index (χ2v) is 6.30. The van der Waals surface area contributed by atoms with Crippen molar-refractivity contribution >= 4 is 0 Å². The number of hydrogen-bond acceptors (Lipinski definition) is 3. The molecule has 2 atom stereocenters. The molecule has 1 aliphatic rings. The molecule has 0 aliphatic heterocycles. The van der Waals surface area contributed by atoms with E-state index in [1.165, 1.54) is 24.0 Å². The number of hydrogen-bond donors (Lipinski definition) is 1. The SMILES string of the molecule is COc1ccc2c(c1)C(N(C)CCC(N)C(C)C)CC2. The topological polar surface area (TPSA) is 38.5 Å². The van der Waals surface area contributed by atoms with Gasteiger partial charge in [0.1, 0.15) is 5.75 Å². The van der Waals surface area contributed by atoms with Crippen LogP contribution < -0.4 is 10.5 Å². The van der Waals surface area contributed by atoms with Crippen LogP contribution in [0.2, 0.25) is 0 Å². The molecule has 2 N–H and O–H groups in total. The quantitative estimate of drug-likeness (QED) is 0.868. The first-order valence-electron chi connectivity index (χ1n) is 7.65. The highest BCUT2D eigenvalue weighted by Gasteiger charge is 2.26. The molecule has 0 amide bonds. The molecule has 1 aliphatic carbocycles. The standard InChI is InChI=1S/C17H28N2O/c1-12(2)16(18)9-10-19(3)17-8-6-13-5-7-14(20-4)11-15(13)17/h5,7,11-12,16-17H,6,8-10,18H2,1-4H3. The Hall–Kier alpha value is -1.06. The van der Waals surface area contributed by atoms with Gasteiger partial charge in [0.2, 0.25) is 0 Å². The highest BCUT2D eigenvalue weighted by atomic mass is 16.5. The summed E-state index contributed by atoms with van der Waals surface area (Å²) >= 11 is 0. The molecule has 0 saturated heterocycles. The van der Waals surface area contributed by atoms with Crippen LogP contribution in [-0.4, -0.2) is 31.6 Å². The normalized spacial score (nSPS) is 19.4. The van der Waals surface area contributed by atoms with Gasteiger partial charge in [-0.25, -0.2) is 0 Å². The minimum atomic E-state index is 0.295. The van der Waals surface area contributed by atoms with E-state index in [1.807, 2.05) is 0 Å². The van der Waals surface area contributed by atoms with Crippen LogP contribution in [0.15, 0.2) is 18.2 Å². The van der Waals surface area contributed by atoms with E-state index in [9.17, 15) is 0 Å². The average molecular weight is 276 g/mol. The molecule has 1 aromatic carbocycles. The smallest absolute Gasteiger partial charge is 0.119 e. The van der Waals surface area contributed by atoms with Crippen molar-refractivity contribution in [2.24, 2.45) is 11.7 Å². The summed E-state index contributed by atoms with van der Waals surface area (Å²) in [5.41, 5.74) is 9.06. The average Bonchev–Trinajstić information content (AvgIpc) is 2.86. The molecule has 0 saturated carbocycles. The molecule has 0 fully saturated rings. The fourth-order valence-corrected chi connectivity index (χ4v) is 2.99. The van der Waals surface area contributed by atoms with Gasteiger partial charge in [0.15, 0.2) is 0 Å². The summed E-state index contributed by atoms with van der Waals surface area (Å²) in [4.78, 5) is 2.45. The Bertz CT molecular complexity index is 445. The molecule has 2 unspecified atom stereocenters. The van der Waals surface area contributed by atoms with Gasteiger partial charge in [-0.1, -0.05) is 19.9 Å².